The minimum atomic E-state index is -0.0711. The molecule has 0 aromatic carbocycles. The van der Waals surface area contributed by atoms with Crippen molar-refractivity contribution in [3.8, 4) is 0 Å². The van der Waals surface area contributed by atoms with E-state index in [1.165, 1.54) is 0 Å². The van der Waals surface area contributed by atoms with Crippen molar-refractivity contribution in [2.24, 2.45) is 0 Å². The molecule has 0 aromatic heterocycles. The maximum atomic E-state index is 11.2. The average molecular weight is 199 g/mol. The molecule has 80 valence electrons. The molecule has 1 atom stereocenters. The highest BCUT2D eigenvalue weighted by atomic mass is 16.2. The molecule has 0 spiro atoms. The van der Waals surface area contributed by atoms with Crippen LogP contribution in [-0.4, -0.2) is 43.0 Å². The molecule has 1 heterocycles. The Kier molecular flexibility index (Phi) is 3.73. The van der Waals surface area contributed by atoms with E-state index in [9.17, 15) is 9.59 Å². The van der Waals surface area contributed by atoms with Crippen molar-refractivity contribution in [2.45, 2.75) is 25.8 Å². The second-order valence-electron chi connectivity index (χ2n) is 3.41. The van der Waals surface area contributed by atoms with Crippen molar-refractivity contribution in [3.63, 3.8) is 0 Å². The summed E-state index contributed by atoms with van der Waals surface area (Å²) in [7, 11) is 1.61. The van der Waals surface area contributed by atoms with Gasteiger partial charge in [0.1, 0.15) is 0 Å². The fourth-order valence-electron chi connectivity index (χ4n) is 1.55. The van der Waals surface area contributed by atoms with Crippen LogP contribution in [0, 0.1) is 0 Å². The third kappa shape index (κ3) is 2.61. The predicted molar refractivity (Wildman–Crippen MR) is 52.9 cm³/mol. The molecular formula is C9H17N3O2. The van der Waals surface area contributed by atoms with E-state index < -0.39 is 0 Å². The Balaban J connectivity index is 2.34. The highest BCUT2D eigenvalue weighted by Gasteiger charge is 2.26. The Morgan fingerprint density at radius 2 is 2.21 bits per heavy atom. The summed E-state index contributed by atoms with van der Waals surface area (Å²) in [5, 5.41) is 5.45. The van der Waals surface area contributed by atoms with E-state index in [4.69, 9.17) is 0 Å². The number of nitrogens with one attached hydrogen (secondary N) is 2. The average Bonchev–Trinajstić information content (AvgIpc) is 2.65. The van der Waals surface area contributed by atoms with E-state index in [-0.39, 0.29) is 18.0 Å². The van der Waals surface area contributed by atoms with Gasteiger partial charge in [0.05, 0.1) is 0 Å². The molecule has 0 unspecified atom stereocenters. The summed E-state index contributed by atoms with van der Waals surface area (Å²) in [6.45, 7) is 3.15. The standard InChI is InChI=1S/C9H17N3O2/c1-3-8(13)11-7-4-5-12(6-7)9(14)10-2/h7H,3-6H2,1-2H3,(H,10,14)(H,11,13)/t7-/m0/s1. The van der Waals surface area contributed by atoms with Gasteiger partial charge in [0.25, 0.3) is 0 Å². The molecule has 1 fully saturated rings. The van der Waals surface area contributed by atoms with Crippen LogP contribution in [0.2, 0.25) is 0 Å². The van der Waals surface area contributed by atoms with Gasteiger partial charge >= 0.3 is 6.03 Å². The fourth-order valence-corrected chi connectivity index (χ4v) is 1.55. The number of nitrogens with zero attached hydrogens (tertiary/aromatic N) is 1. The smallest absolute Gasteiger partial charge is 0.317 e. The van der Waals surface area contributed by atoms with Gasteiger partial charge < -0.3 is 15.5 Å². The van der Waals surface area contributed by atoms with Crippen LogP contribution in [0.3, 0.4) is 0 Å². The van der Waals surface area contributed by atoms with Crippen LogP contribution in [0.15, 0.2) is 0 Å². The van der Waals surface area contributed by atoms with Crippen LogP contribution in [0.25, 0.3) is 0 Å². The first-order chi connectivity index (χ1) is 6.67. The number of rotatable bonds is 2. The SMILES string of the molecule is CCC(=O)N[C@H]1CCN(C(=O)NC)C1. The predicted octanol–water partition coefficient (Wildman–Crippen LogP) is -0.0737. The van der Waals surface area contributed by atoms with Gasteiger partial charge in [0.2, 0.25) is 5.91 Å². The molecule has 0 aromatic rings. The lowest BCUT2D eigenvalue weighted by atomic mass is 10.2. The number of amides is 3. The Morgan fingerprint density at radius 1 is 1.50 bits per heavy atom. The first kappa shape index (κ1) is 10.8. The van der Waals surface area contributed by atoms with Crippen LogP contribution < -0.4 is 10.6 Å². The van der Waals surface area contributed by atoms with Crippen LogP contribution in [0.5, 0.6) is 0 Å². The van der Waals surface area contributed by atoms with Gasteiger partial charge in [-0.05, 0) is 6.42 Å². The van der Waals surface area contributed by atoms with Gasteiger partial charge in [0.15, 0.2) is 0 Å². The number of carbonyl (C=O) groups is 2. The minimum Gasteiger partial charge on any atom is -0.352 e. The molecule has 1 aliphatic rings. The zero-order valence-corrected chi connectivity index (χ0v) is 8.67. The van der Waals surface area contributed by atoms with Crippen molar-refractivity contribution < 1.29 is 9.59 Å². The third-order valence-electron chi connectivity index (χ3n) is 2.38. The molecule has 5 nitrogen and oxygen atoms in total. The lowest BCUT2D eigenvalue weighted by Crippen LogP contribution is -2.40. The van der Waals surface area contributed by atoms with E-state index in [2.05, 4.69) is 10.6 Å². The quantitative estimate of drug-likeness (QED) is 0.653. The van der Waals surface area contributed by atoms with Gasteiger partial charge in [-0.2, -0.15) is 0 Å². The maximum Gasteiger partial charge on any atom is 0.317 e. The van der Waals surface area contributed by atoms with E-state index in [1.54, 1.807) is 11.9 Å². The molecule has 0 saturated carbocycles. The molecule has 1 rings (SSSR count). The molecule has 14 heavy (non-hydrogen) atoms. The lowest BCUT2D eigenvalue weighted by Gasteiger charge is -2.16. The largest absolute Gasteiger partial charge is 0.352 e. The van der Waals surface area contributed by atoms with Crippen LogP contribution in [0.4, 0.5) is 4.79 Å². The van der Waals surface area contributed by atoms with E-state index >= 15 is 0 Å². The third-order valence-corrected chi connectivity index (χ3v) is 2.38. The molecule has 1 aliphatic heterocycles. The Labute approximate surface area is 83.8 Å². The fraction of sp³-hybridized carbons (Fsp3) is 0.778. The second kappa shape index (κ2) is 4.83. The monoisotopic (exact) mass is 199 g/mol. The van der Waals surface area contributed by atoms with E-state index in [0.717, 1.165) is 6.42 Å². The van der Waals surface area contributed by atoms with Crippen LogP contribution in [0.1, 0.15) is 19.8 Å². The normalized spacial score (nSPS) is 20.7. The van der Waals surface area contributed by atoms with Gasteiger partial charge in [-0.1, -0.05) is 6.92 Å². The Hall–Kier alpha value is -1.26. The molecule has 0 radical (unpaired) electrons. The van der Waals surface area contributed by atoms with Crippen molar-refractivity contribution in [2.75, 3.05) is 20.1 Å². The molecule has 5 heteroatoms. The molecule has 0 bridgehead atoms. The van der Waals surface area contributed by atoms with E-state index in [0.29, 0.717) is 19.5 Å². The maximum absolute atomic E-state index is 11.2. The summed E-state index contributed by atoms with van der Waals surface area (Å²) >= 11 is 0. The summed E-state index contributed by atoms with van der Waals surface area (Å²) in [5.41, 5.74) is 0. The molecule has 2 N–H and O–H groups in total. The van der Waals surface area contributed by atoms with Gasteiger partial charge in [-0.25, -0.2) is 4.79 Å². The van der Waals surface area contributed by atoms with Crippen molar-refractivity contribution in [1.29, 1.82) is 0 Å². The zero-order chi connectivity index (χ0) is 10.6. The highest BCUT2D eigenvalue weighted by molar-refractivity contribution is 5.77. The first-order valence-electron chi connectivity index (χ1n) is 4.93. The summed E-state index contributed by atoms with van der Waals surface area (Å²) in [6, 6.07) is 0.0537. The topological polar surface area (TPSA) is 61.4 Å². The van der Waals surface area contributed by atoms with Crippen molar-refractivity contribution in [1.82, 2.24) is 15.5 Å². The number of hydrogen-bond donors (Lipinski definition) is 2. The lowest BCUT2D eigenvalue weighted by molar-refractivity contribution is -0.121. The minimum absolute atomic E-state index is 0.0498. The van der Waals surface area contributed by atoms with Crippen LogP contribution in [-0.2, 0) is 4.79 Å². The number of hydrogen-bond acceptors (Lipinski definition) is 2. The first-order valence-corrected chi connectivity index (χ1v) is 4.93. The number of carbonyl (C=O) groups excluding carboxylic acids is 2. The molecule has 0 aliphatic carbocycles. The highest BCUT2D eigenvalue weighted by Crippen LogP contribution is 2.08. The number of urea groups is 1. The summed E-state index contributed by atoms with van der Waals surface area (Å²) < 4.78 is 0. The Bertz CT molecular complexity index is 230. The zero-order valence-electron chi connectivity index (χ0n) is 8.67. The number of likely N-dealkylation sites (tertiary alicyclic amines) is 1. The van der Waals surface area contributed by atoms with Crippen LogP contribution >= 0.6 is 0 Å². The molecule has 1 saturated heterocycles. The Morgan fingerprint density at radius 3 is 2.79 bits per heavy atom. The van der Waals surface area contributed by atoms with Crippen molar-refractivity contribution >= 4 is 11.9 Å². The van der Waals surface area contributed by atoms with Gasteiger partial charge in [-0.3, -0.25) is 4.79 Å². The van der Waals surface area contributed by atoms with Gasteiger partial charge in [0, 0.05) is 32.6 Å². The summed E-state index contributed by atoms with van der Waals surface area (Å²) in [6.07, 6.45) is 1.34. The molecule has 3 amide bonds. The van der Waals surface area contributed by atoms with E-state index in [1.807, 2.05) is 6.92 Å². The van der Waals surface area contributed by atoms with Gasteiger partial charge in [-0.15, -0.1) is 0 Å². The molecular weight excluding hydrogens is 182 g/mol. The summed E-state index contributed by atoms with van der Waals surface area (Å²) in [5.74, 6) is 0.0498. The van der Waals surface area contributed by atoms with Crippen molar-refractivity contribution in [3.05, 3.63) is 0 Å². The summed E-state index contributed by atoms with van der Waals surface area (Å²) in [4.78, 5) is 24.0. The second-order valence-corrected chi connectivity index (χ2v) is 3.41.